The molecule has 2 aromatic rings. The van der Waals surface area contributed by atoms with Gasteiger partial charge in [0.2, 0.25) is 11.6 Å². The smallest absolute Gasteiger partial charge is 0.221 e. The lowest BCUT2D eigenvalue weighted by Gasteiger charge is -1.97. The minimum atomic E-state index is -1.05. The molecule has 0 aliphatic carbocycles. The summed E-state index contributed by atoms with van der Waals surface area (Å²) in [5.74, 6) is -2.00. The molecule has 0 atom stereocenters. The molecule has 0 saturated carbocycles. The fraction of sp³-hybridized carbons (Fsp3) is 0. The number of nitrogens with zero attached hydrogens (tertiary/aromatic N) is 10. The molecule has 0 radical (unpaired) electrons. The summed E-state index contributed by atoms with van der Waals surface area (Å²) in [6, 6.07) is 0. The fourth-order valence-electron chi connectivity index (χ4n) is 0.860. The molecule has 0 aromatic carbocycles. The third-order valence-corrected chi connectivity index (χ3v) is 1.50. The first-order chi connectivity index (χ1) is 9.56. The Morgan fingerprint density at radius 3 is 1.60 bits per heavy atom. The number of aromatic nitrogens is 4. The molecule has 0 aliphatic rings. The summed E-state index contributed by atoms with van der Waals surface area (Å²) in [6.07, 6.45) is 0. The Morgan fingerprint density at radius 1 is 0.850 bits per heavy atom. The van der Waals surface area contributed by atoms with Gasteiger partial charge in [-0.2, -0.15) is 0 Å². The first kappa shape index (κ1) is 12.7. The summed E-state index contributed by atoms with van der Waals surface area (Å²) in [7, 11) is 0. The molecule has 0 bridgehead atoms. The summed E-state index contributed by atoms with van der Waals surface area (Å²) in [5.41, 5.74) is 5.60. The van der Waals surface area contributed by atoms with Gasteiger partial charge in [-0.25, -0.2) is 10.3 Å². The van der Waals surface area contributed by atoms with Gasteiger partial charge in [0.15, 0.2) is 0 Å². The normalized spacial score (nSPS) is 10.6. The molecule has 0 N–H and O–H groups in total. The van der Waals surface area contributed by atoms with E-state index in [9.17, 15) is 20.2 Å². The SMILES string of the molecule is O=[N+]([O-])[N-]c1nonc1N=Nc1nonc1[N-][N+](=O)[O-]. The molecule has 0 aliphatic heterocycles. The van der Waals surface area contributed by atoms with Gasteiger partial charge in [0, 0.05) is 0 Å². The van der Waals surface area contributed by atoms with Crippen LogP contribution < -0.4 is 0 Å². The van der Waals surface area contributed by atoms with Crippen molar-refractivity contribution in [3.8, 4) is 0 Å². The van der Waals surface area contributed by atoms with Gasteiger partial charge >= 0.3 is 0 Å². The van der Waals surface area contributed by atoms with Crippen molar-refractivity contribution in [3.05, 3.63) is 31.1 Å². The van der Waals surface area contributed by atoms with Gasteiger partial charge in [-0.1, -0.05) is 10.3 Å². The van der Waals surface area contributed by atoms with Gasteiger partial charge in [0.1, 0.15) is 0 Å². The van der Waals surface area contributed by atoms with Crippen LogP contribution in [0.3, 0.4) is 0 Å². The molecule has 104 valence electrons. The van der Waals surface area contributed by atoms with Crippen LogP contribution in [0.25, 0.3) is 10.9 Å². The highest BCUT2D eigenvalue weighted by atomic mass is 16.7. The molecule has 0 unspecified atom stereocenters. The molecular weight excluding hydrogens is 284 g/mol. The lowest BCUT2D eigenvalue weighted by Crippen LogP contribution is -1.86. The molecule has 20 heavy (non-hydrogen) atoms. The summed E-state index contributed by atoms with van der Waals surface area (Å²) in [5, 5.41) is 37.4. The summed E-state index contributed by atoms with van der Waals surface area (Å²) in [4.78, 5) is 20.3. The average molecular weight is 284 g/mol. The van der Waals surface area contributed by atoms with E-state index in [4.69, 9.17) is 0 Å². The molecule has 0 saturated heterocycles. The van der Waals surface area contributed by atoms with Crippen molar-refractivity contribution in [2.24, 2.45) is 10.2 Å². The highest BCUT2D eigenvalue weighted by Crippen LogP contribution is 2.31. The fourth-order valence-corrected chi connectivity index (χ4v) is 0.860. The average Bonchev–Trinajstić information content (AvgIpc) is 2.95. The number of hydrogen-bond donors (Lipinski definition) is 0. The first-order valence-electron chi connectivity index (χ1n) is 4.35. The van der Waals surface area contributed by atoms with E-state index in [1.54, 1.807) is 0 Å². The zero-order valence-electron chi connectivity index (χ0n) is 8.92. The lowest BCUT2D eigenvalue weighted by atomic mass is 10.6. The van der Waals surface area contributed by atoms with E-state index in [1.807, 2.05) is 0 Å². The van der Waals surface area contributed by atoms with Crippen LogP contribution in [0.2, 0.25) is 0 Å². The third-order valence-electron chi connectivity index (χ3n) is 1.50. The van der Waals surface area contributed by atoms with E-state index in [0.29, 0.717) is 0 Å². The van der Waals surface area contributed by atoms with Crippen molar-refractivity contribution in [3.63, 3.8) is 0 Å². The Kier molecular flexibility index (Phi) is 3.36. The monoisotopic (exact) mass is 284 g/mol. The molecule has 0 amide bonds. The molecule has 16 heteroatoms. The minimum absolute atomic E-state index is 0.447. The second kappa shape index (κ2) is 5.29. The Bertz CT molecular complexity index is 602. The molecule has 0 fully saturated rings. The molecule has 0 spiro atoms. The van der Waals surface area contributed by atoms with E-state index in [2.05, 4.69) is 51.0 Å². The van der Waals surface area contributed by atoms with Crippen molar-refractivity contribution < 1.29 is 19.3 Å². The molecular formula is C4N10O6-2. The van der Waals surface area contributed by atoms with Crippen LogP contribution in [-0.2, 0) is 0 Å². The van der Waals surface area contributed by atoms with Gasteiger partial charge in [-0.05, 0) is 0 Å². The molecule has 2 heterocycles. The predicted molar refractivity (Wildman–Crippen MR) is 52.8 cm³/mol. The third kappa shape index (κ3) is 2.94. The maximum absolute atomic E-state index is 10.2. The Balaban J connectivity index is 2.17. The van der Waals surface area contributed by atoms with Crippen molar-refractivity contribution in [2.75, 3.05) is 0 Å². The van der Waals surface area contributed by atoms with Crippen LogP contribution in [0.4, 0.5) is 23.3 Å². The van der Waals surface area contributed by atoms with Crippen molar-refractivity contribution >= 4 is 23.3 Å². The Labute approximate surface area is 106 Å². The van der Waals surface area contributed by atoms with Crippen LogP contribution in [0, 0.1) is 20.2 Å². The van der Waals surface area contributed by atoms with Crippen molar-refractivity contribution in [2.45, 2.75) is 0 Å². The Hall–Kier alpha value is -3.72. The number of azo groups is 1. The lowest BCUT2D eigenvalue weighted by molar-refractivity contribution is -0.419. The van der Waals surface area contributed by atoms with E-state index in [-0.39, 0.29) is 0 Å². The second-order valence-corrected chi connectivity index (χ2v) is 2.70. The van der Waals surface area contributed by atoms with E-state index < -0.39 is 33.3 Å². The number of nitro groups is 2. The summed E-state index contributed by atoms with van der Waals surface area (Å²) in [6.45, 7) is 0. The molecule has 2 rings (SSSR count). The van der Waals surface area contributed by atoms with Crippen LogP contribution in [0.5, 0.6) is 0 Å². The van der Waals surface area contributed by atoms with Gasteiger partial charge in [-0.15, -0.1) is 21.1 Å². The van der Waals surface area contributed by atoms with E-state index >= 15 is 0 Å². The van der Waals surface area contributed by atoms with Gasteiger partial charge < -0.3 is 9.26 Å². The standard InChI is InChI=1S/C4N10O6/c15-13(16)7-3-1(9-19-11-3)5-6-2-4(8-14(17)18)12-20-10-2/q-2. The quantitative estimate of drug-likeness (QED) is 0.419. The summed E-state index contributed by atoms with van der Waals surface area (Å²) >= 11 is 0. The maximum Gasteiger partial charge on any atom is 0.221 e. The highest BCUT2D eigenvalue weighted by molar-refractivity contribution is 5.57. The van der Waals surface area contributed by atoms with E-state index in [0.717, 1.165) is 0 Å². The second-order valence-electron chi connectivity index (χ2n) is 2.70. The number of hydrogen-bond acceptors (Lipinski definition) is 12. The zero-order valence-corrected chi connectivity index (χ0v) is 8.92. The van der Waals surface area contributed by atoms with Crippen LogP contribution >= 0.6 is 0 Å². The topological polar surface area (TPSA) is 217 Å². The molecule has 2 aromatic heterocycles. The largest absolute Gasteiger partial charge is 0.346 e. The van der Waals surface area contributed by atoms with Crippen molar-refractivity contribution in [1.29, 1.82) is 0 Å². The number of rotatable bonds is 6. The maximum atomic E-state index is 10.2. The predicted octanol–water partition coefficient (Wildman–Crippen LogP) is 1.26. The van der Waals surface area contributed by atoms with Crippen LogP contribution in [0.15, 0.2) is 19.5 Å². The van der Waals surface area contributed by atoms with Crippen molar-refractivity contribution in [1.82, 2.24) is 20.6 Å². The van der Waals surface area contributed by atoms with Crippen LogP contribution in [-0.4, -0.2) is 30.7 Å². The van der Waals surface area contributed by atoms with Gasteiger partial charge in [0.05, 0.1) is 21.7 Å². The van der Waals surface area contributed by atoms with E-state index in [1.165, 1.54) is 0 Å². The van der Waals surface area contributed by atoms with Gasteiger partial charge in [-0.3, -0.25) is 20.2 Å². The minimum Gasteiger partial charge on any atom is -0.346 e. The first-order valence-corrected chi connectivity index (χ1v) is 4.35. The van der Waals surface area contributed by atoms with Gasteiger partial charge in [0.25, 0.3) is 0 Å². The highest BCUT2D eigenvalue weighted by Gasteiger charge is 2.08. The van der Waals surface area contributed by atoms with Crippen LogP contribution in [0.1, 0.15) is 0 Å². The summed E-state index contributed by atoms with van der Waals surface area (Å²) < 4.78 is 8.34. The Morgan fingerprint density at radius 2 is 1.25 bits per heavy atom. The molecule has 16 nitrogen and oxygen atoms in total. The zero-order chi connectivity index (χ0) is 14.5.